The van der Waals surface area contributed by atoms with Gasteiger partial charge < -0.3 is 18.9 Å². The van der Waals surface area contributed by atoms with Gasteiger partial charge in [-0.2, -0.15) is 0 Å². The van der Waals surface area contributed by atoms with Gasteiger partial charge in [0.15, 0.2) is 6.29 Å². The monoisotopic (exact) mass is 900 g/mol. The van der Waals surface area contributed by atoms with Crippen LogP contribution in [0.3, 0.4) is 0 Å². The fourth-order valence-electron chi connectivity index (χ4n) is 7.10. The summed E-state index contributed by atoms with van der Waals surface area (Å²) in [4.78, 5) is 9.70. The molecule has 1 unspecified atom stereocenters. The van der Waals surface area contributed by atoms with Gasteiger partial charge in [-0.15, -0.1) is 6.42 Å². The Morgan fingerprint density at radius 2 is 1.20 bits per heavy atom. The first-order chi connectivity index (χ1) is 29.0. The normalized spacial score (nSPS) is 13.8. The van der Waals surface area contributed by atoms with Crippen LogP contribution in [0.15, 0.2) is 91.3 Å². The van der Waals surface area contributed by atoms with Crippen molar-refractivity contribution < 1.29 is 18.9 Å². The number of unbranched alkanes of at least 4 members (excludes halogenated alkanes) is 6. The number of pyridine rings is 2. The lowest BCUT2D eigenvalue weighted by Crippen LogP contribution is -2.22. The van der Waals surface area contributed by atoms with Gasteiger partial charge >= 0.3 is 0 Å². The second kappa shape index (κ2) is 24.0. The van der Waals surface area contributed by atoms with E-state index in [2.05, 4.69) is 103 Å². The number of aromatic nitrogens is 2. The van der Waals surface area contributed by atoms with E-state index in [0.717, 1.165) is 113 Å². The van der Waals surface area contributed by atoms with Crippen LogP contribution in [0.25, 0.3) is 33.6 Å². The average molecular weight is 901 g/mol. The minimum Gasteiger partial charge on any atom is -0.377 e. The van der Waals surface area contributed by atoms with Crippen molar-refractivity contribution in [3.63, 3.8) is 0 Å². The summed E-state index contributed by atoms with van der Waals surface area (Å²) in [6, 6.07) is 27.3. The van der Waals surface area contributed by atoms with E-state index in [0.29, 0.717) is 19.8 Å². The number of benzene rings is 3. The zero-order valence-corrected chi connectivity index (χ0v) is 36.9. The van der Waals surface area contributed by atoms with Crippen molar-refractivity contribution in [1.29, 1.82) is 0 Å². The van der Waals surface area contributed by atoms with Crippen molar-refractivity contribution in [3.05, 3.63) is 128 Å². The summed E-state index contributed by atoms with van der Waals surface area (Å²) in [6.07, 6.45) is 22.1. The molecule has 0 aliphatic carbocycles. The van der Waals surface area contributed by atoms with Gasteiger partial charge in [0.25, 0.3) is 0 Å². The van der Waals surface area contributed by atoms with Crippen LogP contribution in [0.2, 0.25) is 0 Å². The predicted octanol–water partition coefficient (Wildman–Crippen LogP) is 12.7. The van der Waals surface area contributed by atoms with E-state index >= 15 is 0 Å². The van der Waals surface area contributed by atoms with Crippen molar-refractivity contribution in [2.75, 3.05) is 19.8 Å². The van der Waals surface area contributed by atoms with E-state index in [4.69, 9.17) is 35.3 Å². The molecule has 6 rings (SSSR count). The molecule has 3 heterocycles. The molecule has 1 aliphatic heterocycles. The largest absolute Gasteiger partial charge is 0.377 e. The molecule has 0 amide bonds. The molecule has 3 aromatic carbocycles. The highest BCUT2D eigenvalue weighted by Crippen LogP contribution is 2.28. The van der Waals surface area contributed by atoms with Crippen molar-refractivity contribution in [2.24, 2.45) is 0 Å². The third kappa shape index (κ3) is 14.4. The number of terminal acetylenes is 1. The summed E-state index contributed by atoms with van der Waals surface area (Å²) in [6.45, 7) is 8.30. The number of nitrogens with zero attached hydrogens (tertiary/aromatic N) is 2. The van der Waals surface area contributed by atoms with Gasteiger partial charge in [0.05, 0.1) is 31.2 Å². The first-order valence-corrected chi connectivity index (χ1v) is 22.5. The number of rotatable bonds is 20. The molecule has 5 aromatic rings. The molecule has 0 N–H and O–H groups in total. The Morgan fingerprint density at radius 1 is 0.627 bits per heavy atom. The number of hydrogen-bond donors (Lipinski definition) is 0. The molecular weight excluding hydrogens is 843 g/mol. The lowest BCUT2D eigenvalue weighted by atomic mass is 10.00. The van der Waals surface area contributed by atoms with E-state index in [-0.39, 0.29) is 6.29 Å². The van der Waals surface area contributed by atoms with Crippen LogP contribution >= 0.6 is 22.6 Å². The molecule has 0 saturated carbocycles. The van der Waals surface area contributed by atoms with Crippen LogP contribution in [-0.4, -0.2) is 36.1 Å². The average Bonchev–Trinajstić information content (AvgIpc) is 3.27. The van der Waals surface area contributed by atoms with Crippen LogP contribution in [0.5, 0.6) is 0 Å². The summed E-state index contributed by atoms with van der Waals surface area (Å²) in [5.41, 5.74) is 11.6. The third-order valence-electron chi connectivity index (χ3n) is 10.3. The molecule has 0 radical (unpaired) electrons. The van der Waals surface area contributed by atoms with Crippen LogP contribution in [0.1, 0.15) is 118 Å². The van der Waals surface area contributed by atoms with Gasteiger partial charge in [-0.05, 0) is 149 Å². The van der Waals surface area contributed by atoms with Gasteiger partial charge in [-0.3, -0.25) is 9.97 Å². The highest BCUT2D eigenvalue weighted by Gasteiger charge is 2.14. The van der Waals surface area contributed by atoms with Gasteiger partial charge in [-0.1, -0.05) is 82.3 Å². The third-order valence-corrected chi connectivity index (χ3v) is 10.9. The zero-order chi connectivity index (χ0) is 41.1. The Morgan fingerprint density at radius 3 is 1.76 bits per heavy atom. The van der Waals surface area contributed by atoms with Crippen molar-refractivity contribution in [2.45, 2.75) is 111 Å². The van der Waals surface area contributed by atoms with Crippen molar-refractivity contribution >= 4 is 22.6 Å². The molecule has 1 atom stereocenters. The van der Waals surface area contributed by atoms with Gasteiger partial charge in [0.2, 0.25) is 0 Å². The number of hydrogen-bond acceptors (Lipinski definition) is 6. The summed E-state index contributed by atoms with van der Waals surface area (Å²) in [7, 11) is 0. The fraction of sp³-hybridized carbons (Fsp3) is 0.385. The van der Waals surface area contributed by atoms with Gasteiger partial charge in [-0.25, -0.2) is 0 Å². The van der Waals surface area contributed by atoms with E-state index in [1.807, 2.05) is 42.7 Å². The summed E-state index contributed by atoms with van der Waals surface area (Å²) >= 11 is 2.38. The molecule has 6 nitrogen and oxygen atoms in total. The summed E-state index contributed by atoms with van der Waals surface area (Å²) < 4.78 is 25.1. The van der Waals surface area contributed by atoms with Crippen molar-refractivity contribution in [3.8, 4) is 57.8 Å². The quantitative estimate of drug-likeness (QED) is 0.0441. The Kier molecular flexibility index (Phi) is 18.0. The Labute approximate surface area is 366 Å². The van der Waals surface area contributed by atoms with Gasteiger partial charge in [0, 0.05) is 63.6 Å². The van der Waals surface area contributed by atoms with E-state index in [1.165, 1.54) is 47.7 Å². The zero-order valence-electron chi connectivity index (χ0n) is 34.7. The molecule has 306 valence electrons. The first-order valence-electron chi connectivity index (χ1n) is 21.4. The predicted molar refractivity (Wildman–Crippen MR) is 247 cm³/mol. The standard InChI is InChI=1S/C52H57IN2O4/c1-4-7-9-12-22-56-36-43-28-41(17-16-40-25-39(6-3)26-42(27-40)38-59-52-15-11-14-24-58-52)29-47(30-43)45-18-20-50(54-34-45)51-21-19-46(35-55-51)48-31-44(32-49(53)33-48)37-57-23-13-10-8-5-2/h3,18-21,25-35,52H,4-5,7-15,22-24,36-38H2,1-2H3. The molecular formula is C52H57IN2O4. The number of ether oxygens (including phenoxy) is 4. The lowest BCUT2D eigenvalue weighted by molar-refractivity contribution is -0.168. The minimum absolute atomic E-state index is 0.170. The maximum absolute atomic E-state index is 6.14. The molecule has 1 fully saturated rings. The topological polar surface area (TPSA) is 62.7 Å². The molecule has 7 heteroatoms. The summed E-state index contributed by atoms with van der Waals surface area (Å²) in [5, 5.41) is 0. The van der Waals surface area contributed by atoms with Crippen LogP contribution in [-0.2, 0) is 38.8 Å². The van der Waals surface area contributed by atoms with Crippen LogP contribution in [0.4, 0.5) is 0 Å². The molecule has 0 bridgehead atoms. The Bertz CT molecular complexity index is 2180. The van der Waals surface area contributed by atoms with E-state index in [9.17, 15) is 0 Å². The van der Waals surface area contributed by atoms with Gasteiger partial charge in [0.1, 0.15) is 0 Å². The highest BCUT2D eigenvalue weighted by molar-refractivity contribution is 14.1. The van der Waals surface area contributed by atoms with Crippen molar-refractivity contribution in [1.82, 2.24) is 9.97 Å². The molecule has 59 heavy (non-hydrogen) atoms. The fourth-order valence-corrected chi connectivity index (χ4v) is 7.83. The first kappa shape index (κ1) is 44.2. The van der Waals surface area contributed by atoms with Crippen LogP contribution < -0.4 is 0 Å². The second-order valence-electron chi connectivity index (χ2n) is 15.3. The second-order valence-corrected chi connectivity index (χ2v) is 16.5. The van der Waals surface area contributed by atoms with E-state index in [1.54, 1.807) is 0 Å². The maximum atomic E-state index is 6.14. The Hall–Kier alpha value is -4.35. The smallest absolute Gasteiger partial charge is 0.158 e. The highest BCUT2D eigenvalue weighted by atomic mass is 127. The molecule has 1 aliphatic rings. The molecule has 0 spiro atoms. The number of halogens is 1. The lowest BCUT2D eigenvalue weighted by Gasteiger charge is -2.22. The maximum Gasteiger partial charge on any atom is 0.158 e. The molecule has 2 aromatic heterocycles. The van der Waals surface area contributed by atoms with E-state index < -0.39 is 0 Å². The SMILES string of the molecule is C#Cc1cc(C#Cc2cc(COCCCCCC)cc(-c3ccc(-c4ccc(-c5cc(I)cc(COCCCCCC)c5)cn4)nc3)c2)cc(COC2CCCCO2)c1. The molecule has 1 saturated heterocycles. The summed E-state index contributed by atoms with van der Waals surface area (Å²) in [5.74, 6) is 9.58. The minimum atomic E-state index is -0.170. The Balaban J connectivity index is 1.17. The van der Waals surface area contributed by atoms with Crippen LogP contribution in [0, 0.1) is 27.8 Å².